The van der Waals surface area contributed by atoms with Crippen LogP contribution in [-0.4, -0.2) is 28.1 Å². The third-order valence-corrected chi connectivity index (χ3v) is 4.86. The first-order valence-corrected chi connectivity index (χ1v) is 9.21. The molecule has 1 atom stereocenters. The third kappa shape index (κ3) is 3.97. The number of hydrogen-bond acceptors (Lipinski definition) is 6. The lowest BCUT2D eigenvalue weighted by atomic mass is 10.1. The lowest BCUT2D eigenvalue weighted by Crippen LogP contribution is -2.58. The zero-order valence-electron chi connectivity index (χ0n) is 14.5. The predicted octanol–water partition coefficient (Wildman–Crippen LogP) is 3.43. The molecule has 2 aromatic rings. The van der Waals surface area contributed by atoms with E-state index in [9.17, 15) is 19.7 Å². The van der Waals surface area contributed by atoms with E-state index in [4.69, 9.17) is 12.2 Å². The summed E-state index contributed by atoms with van der Waals surface area (Å²) in [5.74, 6) is -2.37. The molecule has 1 heterocycles. The number of aryl methyl sites for hydroxylation is 1. The molecule has 1 N–H and O–H groups in total. The van der Waals surface area contributed by atoms with Gasteiger partial charge < -0.3 is 5.32 Å². The normalized spacial score (nSPS) is 17.1. The van der Waals surface area contributed by atoms with Gasteiger partial charge in [0, 0.05) is 22.3 Å². The minimum absolute atomic E-state index is 0.0204. The molecule has 0 bridgehead atoms. The third-order valence-electron chi connectivity index (χ3n) is 4.05. The quantitative estimate of drug-likeness (QED) is 0.247. The number of nitro groups is 1. The summed E-state index contributed by atoms with van der Waals surface area (Å²) in [4.78, 5) is 40.9. The molecule has 1 aliphatic heterocycles. The highest BCUT2D eigenvalue weighted by Gasteiger charge is 2.38. The summed E-state index contributed by atoms with van der Waals surface area (Å²) in [6.45, 7) is 1.61. The Morgan fingerprint density at radius 1 is 1.25 bits per heavy atom. The highest BCUT2D eigenvalue weighted by molar-refractivity contribution is 9.10. The maximum Gasteiger partial charge on any atom is 0.274 e. The van der Waals surface area contributed by atoms with Gasteiger partial charge in [-0.3, -0.25) is 29.6 Å². The number of thiocarbonyl (C=S) groups is 1. The molecule has 8 nitrogen and oxygen atoms in total. The van der Waals surface area contributed by atoms with Crippen molar-refractivity contribution in [2.24, 2.45) is 10.9 Å². The first-order chi connectivity index (χ1) is 13.3. The highest BCUT2D eigenvalue weighted by atomic mass is 79.9. The standard InChI is InChI=1S/C18H13BrN4O4S/c1-10-2-5-12(8-15(10)23(26)27)20-9-14-16(24)21-18(28)22(17(14)25)13-6-3-11(19)4-7-13/h2-9,14H,1H3,(H,21,24,28)/t14-/m1/s1. The van der Waals surface area contributed by atoms with Gasteiger partial charge in [-0.2, -0.15) is 0 Å². The second kappa shape index (κ2) is 7.95. The van der Waals surface area contributed by atoms with E-state index in [1.54, 1.807) is 43.3 Å². The molecule has 10 heteroatoms. The number of nitrogens with zero attached hydrogens (tertiary/aromatic N) is 3. The Labute approximate surface area is 173 Å². The second-order valence-corrected chi connectivity index (χ2v) is 7.23. The second-order valence-electron chi connectivity index (χ2n) is 5.93. The Balaban J connectivity index is 1.89. The molecule has 1 fully saturated rings. The average Bonchev–Trinajstić information content (AvgIpc) is 2.63. The van der Waals surface area contributed by atoms with Gasteiger partial charge in [-0.05, 0) is 49.5 Å². The van der Waals surface area contributed by atoms with E-state index in [1.165, 1.54) is 17.2 Å². The summed E-state index contributed by atoms with van der Waals surface area (Å²) in [5.41, 5.74) is 1.16. The fourth-order valence-electron chi connectivity index (χ4n) is 2.59. The molecule has 0 saturated carbocycles. The van der Waals surface area contributed by atoms with Gasteiger partial charge in [0.15, 0.2) is 11.0 Å². The summed E-state index contributed by atoms with van der Waals surface area (Å²) in [5, 5.41) is 13.5. The van der Waals surface area contributed by atoms with Gasteiger partial charge in [0.1, 0.15) is 0 Å². The lowest BCUT2D eigenvalue weighted by Gasteiger charge is -2.30. The summed E-state index contributed by atoms with van der Waals surface area (Å²) in [6, 6.07) is 11.3. The Kier molecular flexibility index (Phi) is 5.61. The number of hydrogen-bond donors (Lipinski definition) is 1. The molecule has 142 valence electrons. The van der Waals surface area contributed by atoms with E-state index >= 15 is 0 Å². The van der Waals surface area contributed by atoms with Crippen LogP contribution in [0.3, 0.4) is 0 Å². The van der Waals surface area contributed by atoms with Gasteiger partial charge in [-0.15, -0.1) is 0 Å². The zero-order valence-corrected chi connectivity index (χ0v) is 16.9. The Bertz CT molecular complexity index is 1020. The van der Waals surface area contributed by atoms with Crippen molar-refractivity contribution in [2.75, 3.05) is 4.90 Å². The Morgan fingerprint density at radius 2 is 1.93 bits per heavy atom. The molecular formula is C18H13BrN4O4S. The van der Waals surface area contributed by atoms with Gasteiger partial charge in [0.05, 0.1) is 16.3 Å². The average molecular weight is 461 g/mol. The number of carbonyl (C=O) groups is 2. The van der Waals surface area contributed by atoms with Crippen LogP contribution in [0.5, 0.6) is 0 Å². The number of amides is 2. The summed E-state index contributed by atoms with van der Waals surface area (Å²) < 4.78 is 0.828. The van der Waals surface area contributed by atoms with Crippen molar-refractivity contribution in [3.8, 4) is 0 Å². The molecule has 0 aliphatic carbocycles. The number of carbonyl (C=O) groups excluding carboxylic acids is 2. The maximum absolute atomic E-state index is 12.8. The number of rotatable bonds is 4. The molecule has 2 aromatic carbocycles. The van der Waals surface area contributed by atoms with Crippen molar-refractivity contribution in [1.82, 2.24) is 5.32 Å². The van der Waals surface area contributed by atoms with Crippen LogP contribution in [0.25, 0.3) is 0 Å². The maximum atomic E-state index is 12.8. The van der Waals surface area contributed by atoms with Crippen LogP contribution in [0.1, 0.15) is 5.56 Å². The Hall–Kier alpha value is -2.98. The minimum atomic E-state index is -1.21. The van der Waals surface area contributed by atoms with E-state index in [0.717, 1.165) is 4.47 Å². The molecule has 1 aliphatic rings. The van der Waals surface area contributed by atoms with Crippen LogP contribution < -0.4 is 10.2 Å². The van der Waals surface area contributed by atoms with Crippen LogP contribution >= 0.6 is 28.1 Å². The van der Waals surface area contributed by atoms with Gasteiger partial charge in [-0.25, -0.2) is 0 Å². The number of benzene rings is 2. The van der Waals surface area contributed by atoms with E-state index in [-0.39, 0.29) is 16.5 Å². The Morgan fingerprint density at radius 3 is 2.57 bits per heavy atom. The van der Waals surface area contributed by atoms with Crippen molar-refractivity contribution in [3.63, 3.8) is 0 Å². The number of aliphatic imine (C=N–C) groups is 1. The lowest BCUT2D eigenvalue weighted by molar-refractivity contribution is -0.385. The fraction of sp³-hybridized carbons (Fsp3) is 0.111. The van der Waals surface area contributed by atoms with Crippen LogP contribution in [-0.2, 0) is 9.59 Å². The fourth-order valence-corrected chi connectivity index (χ4v) is 3.15. The molecule has 0 aromatic heterocycles. The summed E-state index contributed by atoms with van der Waals surface area (Å²) in [7, 11) is 0. The summed E-state index contributed by atoms with van der Waals surface area (Å²) >= 11 is 8.45. The van der Waals surface area contributed by atoms with Crippen molar-refractivity contribution in [3.05, 3.63) is 62.6 Å². The molecule has 0 radical (unpaired) electrons. The van der Waals surface area contributed by atoms with Crippen molar-refractivity contribution in [1.29, 1.82) is 0 Å². The number of nitrogens with one attached hydrogen (secondary N) is 1. The molecule has 0 spiro atoms. The largest absolute Gasteiger partial charge is 0.301 e. The van der Waals surface area contributed by atoms with Crippen LogP contribution in [0, 0.1) is 23.0 Å². The van der Waals surface area contributed by atoms with Crippen molar-refractivity contribution >= 4 is 68.4 Å². The predicted molar refractivity (Wildman–Crippen MR) is 112 cm³/mol. The van der Waals surface area contributed by atoms with E-state index in [0.29, 0.717) is 11.3 Å². The topological polar surface area (TPSA) is 105 Å². The number of anilines is 1. The number of nitro benzene ring substituents is 1. The smallest absolute Gasteiger partial charge is 0.274 e. The molecule has 2 amide bonds. The van der Waals surface area contributed by atoms with Crippen LogP contribution in [0.2, 0.25) is 0 Å². The molecule has 28 heavy (non-hydrogen) atoms. The minimum Gasteiger partial charge on any atom is -0.301 e. The van der Waals surface area contributed by atoms with Gasteiger partial charge in [-0.1, -0.05) is 22.0 Å². The number of halogens is 1. The first-order valence-electron chi connectivity index (χ1n) is 8.01. The van der Waals surface area contributed by atoms with Crippen LogP contribution in [0.4, 0.5) is 17.1 Å². The summed E-state index contributed by atoms with van der Waals surface area (Å²) in [6.07, 6.45) is 1.17. The zero-order chi connectivity index (χ0) is 20.4. The molecule has 3 rings (SSSR count). The molecular weight excluding hydrogens is 448 g/mol. The van der Waals surface area contributed by atoms with Crippen molar-refractivity contribution < 1.29 is 14.5 Å². The van der Waals surface area contributed by atoms with Gasteiger partial charge in [0.25, 0.3) is 11.6 Å². The highest BCUT2D eigenvalue weighted by Crippen LogP contribution is 2.25. The van der Waals surface area contributed by atoms with E-state index < -0.39 is 22.7 Å². The monoisotopic (exact) mass is 460 g/mol. The van der Waals surface area contributed by atoms with Crippen LogP contribution in [0.15, 0.2) is 51.9 Å². The molecule has 1 saturated heterocycles. The van der Waals surface area contributed by atoms with Crippen molar-refractivity contribution in [2.45, 2.75) is 6.92 Å². The first kappa shape index (κ1) is 19.8. The van der Waals surface area contributed by atoms with E-state index in [1.807, 2.05) is 0 Å². The SMILES string of the molecule is Cc1ccc(N=C[C@@H]2C(=O)NC(=S)N(c3ccc(Br)cc3)C2=O)cc1[N+](=O)[O-]. The van der Waals surface area contributed by atoms with Gasteiger partial charge in [0.2, 0.25) is 5.91 Å². The van der Waals surface area contributed by atoms with Gasteiger partial charge >= 0.3 is 0 Å². The van der Waals surface area contributed by atoms with E-state index in [2.05, 4.69) is 26.2 Å². The molecule has 0 unspecified atom stereocenters.